The Balaban J connectivity index is 1.69. The van der Waals surface area contributed by atoms with E-state index in [9.17, 15) is 29.1 Å². The Morgan fingerprint density at radius 2 is 1.59 bits per heavy atom. The number of hydrogen-bond acceptors (Lipinski definition) is 14. The van der Waals surface area contributed by atoms with E-state index in [1.54, 1.807) is 33.0 Å². The highest BCUT2D eigenvalue weighted by Gasteiger charge is 2.29. The van der Waals surface area contributed by atoms with E-state index in [0.717, 1.165) is 5.69 Å². The number of benzene rings is 1. The smallest absolute Gasteiger partial charge is 0.328 e. The lowest BCUT2D eigenvalue weighted by Crippen LogP contribution is -2.52. The number of nitrogens with zero attached hydrogens (tertiary/aromatic N) is 5. The molecular weight excluding hydrogens is 602 g/mol. The largest absolute Gasteiger partial charge is 0.481 e. The van der Waals surface area contributed by atoms with Crippen LogP contribution in [0.5, 0.6) is 0 Å². The zero-order chi connectivity index (χ0) is 33.8. The van der Waals surface area contributed by atoms with Crippen LogP contribution in [0.15, 0.2) is 30.5 Å². The molecule has 17 nitrogen and oxygen atoms in total. The Hall–Kier alpha value is -5.61. The molecular formula is C29H37N9O8. The van der Waals surface area contributed by atoms with Crippen molar-refractivity contribution in [3.05, 3.63) is 41.7 Å². The number of esters is 2. The Morgan fingerprint density at radius 3 is 2.24 bits per heavy atom. The third-order valence-electron chi connectivity index (χ3n) is 6.57. The van der Waals surface area contributed by atoms with Gasteiger partial charge in [0.05, 0.1) is 31.6 Å². The van der Waals surface area contributed by atoms with Crippen molar-refractivity contribution in [3.63, 3.8) is 0 Å². The van der Waals surface area contributed by atoms with Gasteiger partial charge in [-0.2, -0.15) is 9.97 Å². The van der Waals surface area contributed by atoms with Gasteiger partial charge in [-0.3, -0.25) is 19.2 Å². The second-order valence-corrected chi connectivity index (χ2v) is 10.0. The van der Waals surface area contributed by atoms with Crippen molar-refractivity contribution in [1.29, 1.82) is 0 Å². The summed E-state index contributed by atoms with van der Waals surface area (Å²) in [5, 5.41) is 14.2. The summed E-state index contributed by atoms with van der Waals surface area (Å²) in [6.45, 7) is 3.73. The monoisotopic (exact) mass is 639 g/mol. The molecule has 246 valence electrons. The van der Waals surface area contributed by atoms with Crippen molar-refractivity contribution in [3.8, 4) is 0 Å². The summed E-state index contributed by atoms with van der Waals surface area (Å²) in [6, 6.07) is 3.91. The third kappa shape index (κ3) is 9.96. The number of aromatic nitrogens is 4. The molecule has 3 aromatic rings. The van der Waals surface area contributed by atoms with Crippen molar-refractivity contribution in [2.45, 2.75) is 58.2 Å². The highest BCUT2D eigenvalue weighted by Crippen LogP contribution is 2.19. The molecule has 0 radical (unpaired) electrons. The fraction of sp³-hybridized carbons (Fsp3) is 0.414. The van der Waals surface area contributed by atoms with Crippen molar-refractivity contribution in [2.24, 2.45) is 0 Å². The molecule has 2 amide bonds. The van der Waals surface area contributed by atoms with Gasteiger partial charge >= 0.3 is 17.9 Å². The average molecular weight is 640 g/mol. The number of ether oxygens (including phenoxy) is 2. The van der Waals surface area contributed by atoms with Crippen molar-refractivity contribution >= 4 is 58.3 Å². The molecule has 0 saturated carbocycles. The van der Waals surface area contributed by atoms with Crippen molar-refractivity contribution < 1.29 is 38.6 Å². The van der Waals surface area contributed by atoms with Crippen LogP contribution >= 0.6 is 0 Å². The minimum absolute atomic E-state index is 0.00553. The zero-order valence-electron chi connectivity index (χ0n) is 25.7. The minimum atomic E-state index is -1.30. The van der Waals surface area contributed by atoms with E-state index >= 15 is 0 Å². The number of nitrogens with two attached hydrogens (primary N) is 2. The van der Waals surface area contributed by atoms with Gasteiger partial charge in [-0.25, -0.2) is 14.8 Å². The van der Waals surface area contributed by atoms with Gasteiger partial charge in [0.15, 0.2) is 17.0 Å². The number of aliphatic carboxylic acids is 1. The Kier molecular flexibility index (Phi) is 12.5. The average Bonchev–Trinajstić information content (AvgIpc) is 3.01. The van der Waals surface area contributed by atoms with Crippen LogP contribution in [0.2, 0.25) is 0 Å². The third-order valence-corrected chi connectivity index (χ3v) is 6.57. The molecule has 0 unspecified atom stereocenters. The summed E-state index contributed by atoms with van der Waals surface area (Å²) in [6.07, 6.45) is 0.570. The molecule has 0 fully saturated rings. The molecule has 1 aromatic carbocycles. The lowest BCUT2D eigenvalue weighted by molar-refractivity contribution is -0.149. The normalized spacial score (nSPS) is 12.1. The van der Waals surface area contributed by atoms with Gasteiger partial charge < -0.3 is 41.6 Å². The number of carbonyl (C=O) groups is 5. The molecule has 0 aliphatic rings. The number of carboxylic acid groups (broad SMARTS) is 1. The fourth-order valence-electron chi connectivity index (χ4n) is 4.30. The topological polar surface area (TPSA) is 255 Å². The van der Waals surface area contributed by atoms with E-state index in [2.05, 4.69) is 30.6 Å². The van der Waals surface area contributed by atoms with Crippen LogP contribution in [0.1, 0.15) is 55.6 Å². The highest BCUT2D eigenvalue weighted by atomic mass is 16.5. The number of amides is 2. The van der Waals surface area contributed by atoms with Gasteiger partial charge in [-0.15, -0.1) is 0 Å². The summed E-state index contributed by atoms with van der Waals surface area (Å²) >= 11 is 0. The van der Waals surface area contributed by atoms with Crippen molar-refractivity contribution in [1.82, 2.24) is 30.6 Å². The maximum absolute atomic E-state index is 13.2. The van der Waals surface area contributed by atoms with Gasteiger partial charge in [0.1, 0.15) is 12.1 Å². The molecule has 2 atom stereocenters. The van der Waals surface area contributed by atoms with Crippen LogP contribution in [0, 0.1) is 0 Å². The van der Waals surface area contributed by atoms with Crippen LogP contribution in [0.25, 0.3) is 11.2 Å². The Morgan fingerprint density at radius 1 is 0.913 bits per heavy atom. The number of nitrogens with one attached hydrogen (secondary N) is 2. The first-order chi connectivity index (χ1) is 21.9. The number of carbonyl (C=O) groups excluding carboxylic acids is 4. The predicted octanol–water partition coefficient (Wildman–Crippen LogP) is 0.575. The standard InChI is InChI=1S/C29H37N9O8/c1-4-45-22(41)13-11-20(28(44)46-5-2)35-27(43)19(10-12-21(39)40)34-26(42)16-6-8-18(9-7-16)38(3)15-17-14-32-25-23(33-17)24(30)36-29(31)37-25/h6-9,14,19-20H,4-5,10-13,15H2,1-3H3,(H,34,42)(H,35,43)(H,39,40)(H4,30,31,32,36,37)/t19-,20-/m0/s1. The number of anilines is 3. The lowest BCUT2D eigenvalue weighted by Gasteiger charge is -2.22. The van der Waals surface area contributed by atoms with Gasteiger partial charge in [-0.05, 0) is 51.0 Å². The molecule has 0 spiro atoms. The van der Waals surface area contributed by atoms with Gasteiger partial charge in [-0.1, -0.05) is 0 Å². The molecule has 3 rings (SSSR count). The summed E-state index contributed by atoms with van der Waals surface area (Å²) < 4.78 is 9.89. The highest BCUT2D eigenvalue weighted by molar-refractivity contribution is 5.98. The number of carboxylic acids is 1. The molecule has 7 N–H and O–H groups in total. The molecule has 17 heteroatoms. The predicted molar refractivity (Wildman–Crippen MR) is 165 cm³/mol. The van der Waals surface area contributed by atoms with E-state index in [-0.39, 0.29) is 55.5 Å². The minimum Gasteiger partial charge on any atom is -0.481 e. The molecule has 0 saturated heterocycles. The van der Waals surface area contributed by atoms with E-state index in [4.69, 9.17) is 20.9 Å². The zero-order valence-corrected chi connectivity index (χ0v) is 25.7. The molecule has 0 aliphatic carbocycles. The van der Waals surface area contributed by atoms with Crippen molar-refractivity contribution in [2.75, 3.05) is 36.6 Å². The number of rotatable bonds is 16. The Labute approximate surface area is 264 Å². The van der Waals surface area contributed by atoms with Gasteiger partial charge in [0.25, 0.3) is 5.91 Å². The summed E-state index contributed by atoms with van der Waals surface area (Å²) in [7, 11) is 1.80. The summed E-state index contributed by atoms with van der Waals surface area (Å²) in [4.78, 5) is 80.3. The first-order valence-corrected chi connectivity index (χ1v) is 14.4. The van der Waals surface area contributed by atoms with Crippen LogP contribution in [0.3, 0.4) is 0 Å². The Bertz CT molecular complexity index is 1570. The quantitative estimate of drug-likeness (QED) is 0.134. The maximum Gasteiger partial charge on any atom is 0.328 e. The van der Waals surface area contributed by atoms with Crippen LogP contribution in [-0.4, -0.2) is 87.1 Å². The number of hydrogen-bond donors (Lipinski definition) is 5. The molecule has 46 heavy (non-hydrogen) atoms. The number of fused-ring (bicyclic) bond motifs is 1. The van der Waals surface area contributed by atoms with Gasteiger partial charge in [0, 0.05) is 31.1 Å². The molecule has 0 bridgehead atoms. The maximum atomic E-state index is 13.2. The lowest BCUT2D eigenvalue weighted by atomic mass is 10.1. The molecule has 0 aliphatic heterocycles. The van der Waals surface area contributed by atoms with E-state index in [1.807, 2.05) is 4.90 Å². The second kappa shape index (κ2) is 16.5. The first-order valence-electron chi connectivity index (χ1n) is 14.4. The van der Waals surface area contributed by atoms with Gasteiger partial charge in [0.2, 0.25) is 11.9 Å². The summed E-state index contributed by atoms with van der Waals surface area (Å²) in [5.41, 5.74) is 13.6. The fourth-order valence-corrected chi connectivity index (χ4v) is 4.30. The number of nitrogen functional groups attached to an aromatic ring is 2. The SMILES string of the molecule is CCOC(=O)CC[C@H](NC(=O)[C@H](CCC(=O)O)NC(=O)c1ccc(N(C)Cc2cnc3nc(N)nc(N)c3n2)cc1)C(=O)OCC. The van der Waals surface area contributed by atoms with E-state index in [1.165, 1.54) is 18.3 Å². The van der Waals surface area contributed by atoms with Crippen LogP contribution in [-0.2, 0) is 35.2 Å². The first kappa shape index (κ1) is 34.9. The molecule has 2 aromatic heterocycles. The summed E-state index contributed by atoms with van der Waals surface area (Å²) in [5.74, 6) is -3.87. The van der Waals surface area contributed by atoms with E-state index < -0.39 is 48.2 Å². The van der Waals surface area contributed by atoms with Crippen LogP contribution < -0.4 is 27.0 Å². The van der Waals surface area contributed by atoms with E-state index in [0.29, 0.717) is 17.8 Å². The molecule has 2 heterocycles. The van der Waals surface area contributed by atoms with Crippen LogP contribution in [0.4, 0.5) is 17.5 Å². The second-order valence-electron chi connectivity index (χ2n) is 10.0.